The summed E-state index contributed by atoms with van der Waals surface area (Å²) in [6.45, 7) is 2.21. The van der Waals surface area contributed by atoms with Crippen LogP contribution in [0.5, 0.6) is 0 Å². The molecule has 1 amide bonds. The van der Waals surface area contributed by atoms with Gasteiger partial charge < -0.3 is 9.64 Å². The van der Waals surface area contributed by atoms with E-state index in [1.807, 2.05) is 31.2 Å². The molecular weight excluding hydrogens is 424 g/mol. The zero-order valence-corrected chi connectivity index (χ0v) is 18.3. The topological polar surface area (TPSA) is 84.0 Å². The van der Waals surface area contributed by atoms with Gasteiger partial charge in [-0.15, -0.1) is 11.3 Å². The number of fused-ring (bicyclic) bond motifs is 1. The van der Waals surface area contributed by atoms with Crippen molar-refractivity contribution in [3.8, 4) is 0 Å². The first-order valence-corrected chi connectivity index (χ1v) is 12.3. The lowest BCUT2D eigenvalue weighted by Gasteiger charge is -2.30. The van der Waals surface area contributed by atoms with Crippen molar-refractivity contribution in [1.82, 2.24) is 4.31 Å². The summed E-state index contributed by atoms with van der Waals surface area (Å²) in [5.41, 5.74) is 1.99. The van der Waals surface area contributed by atoms with Gasteiger partial charge in [-0.05, 0) is 49.3 Å². The first-order chi connectivity index (χ1) is 14.4. The second kappa shape index (κ2) is 8.49. The largest absolute Gasteiger partial charge is 0.455 e. The first-order valence-electron chi connectivity index (χ1n) is 9.98. The number of carbonyl (C=O) groups is 2. The number of sulfonamides is 1. The Morgan fingerprint density at radius 2 is 1.87 bits per heavy atom. The summed E-state index contributed by atoms with van der Waals surface area (Å²) in [4.78, 5) is 26.8. The van der Waals surface area contributed by atoms with E-state index in [1.165, 1.54) is 15.6 Å². The molecule has 1 saturated heterocycles. The molecule has 1 aromatic heterocycles. The molecule has 160 valence electrons. The van der Waals surface area contributed by atoms with E-state index in [0.29, 0.717) is 17.1 Å². The van der Waals surface area contributed by atoms with Gasteiger partial charge >= 0.3 is 5.97 Å². The van der Waals surface area contributed by atoms with E-state index >= 15 is 0 Å². The van der Waals surface area contributed by atoms with Crippen molar-refractivity contribution in [2.75, 3.05) is 24.6 Å². The number of piperidine rings is 1. The fraction of sp³-hybridized carbons (Fsp3) is 0.429. The van der Waals surface area contributed by atoms with E-state index in [4.69, 9.17) is 4.74 Å². The smallest absolute Gasteiger partial charge is 0.309 e. The second-order valence-corrected chi connectivity index (χ2v) is 10.8. The van der Waals surface area contributed by atoms with Gasteiger partial charge in [0, 0.05) is 24.8 Å². The number of nitrogens with zero attached hydrogens (tertiary/aromatic N) is 2. The van der Waals surface area contributed by atoms with E-state index in [-0.39, 0.29) is 31.6 Å². The third-order valence-corrected chi connectivity index (χ3v) is 8.96. The summed E-state index contributed by atoms with van der Waals surface area (Å²) in [5.74, 6) is -1.06. The average molecular weight is 449 g/mol. The molecule has 1 unspecified atom stereocenters. The first kappa shape index (κ1) is 21.0. The van der Waals surface area contributed by atoms with Crippen LogP contribution < -0.4 is 4.90 Å². The SMILES string of the molecule is CC1Cc2ccccc2N1C(=O)COC(=O)C1CCN(S(=O)(=O)c2cccs2)CC1. The molecule has 3 heterocycles. The van der Waals surface area contributed by atoms with Gasteiger partial charge in [0.05, 0.1) is 5.92 Å². The lowest BCUT2D eigenvalue weighted by Crippen LogP contribution is -2.42. The molecule has 2 aliphatic heterocycles. The summed E-state index contributed by atoms with van der Waals surface area (Å²) < 4.78 is 32.2. The van der Waals surface area contributed by atoms with Gasteiger partial charge in [0.1, 0.15) is 4.21 Å². The molecule has 0 N–H and O–H groups in total. The molecule has 2 aliphatic rings. The predicted octanol–water partition coefficient (Wildman–Crippen LogP) is 2.67. The minimum atomic E-state index is -3.50. The van der Waals surface area contributed by atoms with Crippen molar-refractivity contribution in [2.24, 2.45) is 5.92 Å². The van der Waals surface area contributed by atoms with Gasteiger partial charge in [0.2, 0.25) is 0 Å². The third kappa shape index (κ3) is 4.01. The quantitative estimate of drug-likeness (QED) is 0.657. The number of benzene rings is 1. The van der Waals surface area contributed by atoms with E-state index in [1.54, 1.807) is 22.4 Å². The van der Waals surface area contributed by atoms with Crippen LogP contribution in [-0.2, 0) is 30.8 Å². The van der Waals surface area contributed by atoms with Crippen molar-refractivity contribution in [3.63, 3.8) is 0 Å². The summed E-state index contributed by atoms with van der Waals surface area (Å²) in [5, 5.41) is 1.73. The Morgan fingerprint density at radius 3 is 2.57 bits per heavy atom. The number of hydrogen-bond donors (Lipinski definition) is 0. The van der Waals surface area contributed by atoms with E-state index < -0.39 is 21.9 Å². The Morgan fingerprint density at radius 1 is 1.13 bits per heavy atom. The number of esters is 1. The molecule has 1 aromatic carbocycles. The van der Waals surface area contributed by atoms with Gasteiger partial charge in [-0.25, -0.2) is 8.42 Å². The van der Waals surface area contributed by atoms with Crippen molar-refractivity contribution in [3.05, 3.63) is 47.3 Å². The molecule has 1 atom stereocenters. The highest BCUT2D eigenvalue weighted by Crippen LogP contribution is 2.32. The van der Waals surface area contributed by atoms with Crippen LogP contribution in [-0.4, -0.2) is 50.3 Å². The van der Waals surface area contributed by atoms with Gasteiger partial charge in [-0.2, -0.15) is 4.31 Å². The number of rotatable bonds is 5. The highest BCUT2D eigenvalue weighted by Gasteiger charge is 2.35. The van der Waals surface area contributed by atoms with Gasteiger partial charge in [-0.1, -0.05) is 24.3 Å². The number of anilines is 1. The fourth-order valence-corrected chi connectivity index (χ4v) is 6.75. The number of thiophene rings is 1. The highest BCUT2D eigenvalue weighted by atomic mass is 32.2. The third-order valence-electron chi connectivity index (χ3n) is 5.69. The van der Waals surface area contributed by atoms with Crippen LogP contribution >= 0.6 is 11.3 Å². The van der Waals surface area contributed by atoms with Gasteiger partial charge in [0.15, 0.2) is 6.61 Å². The molecule has 0 spiro atoms. The van der Waals surface area contributed by atoms with Crippen molar-refractivity contribution in [2.45, 2.75) is 36.4 Å². The number of amides is 1. The molecule has 4 rings (SSSR count). The van der Waals surface area contributed by atoms with Crippen molar-refractivity contribution < 1.29 is 22.7 Å². The molecule has 30 heavy (non-hydrogen) atoms. The van der Waals surface area contributed by atoms with Crippen molar-refractivity contribution in [1.29, 1.82) is 0 Å². The van der Waals surface area contributed by atoms with Crippen LogP contribution in [0, 0.1) is 5.92 Å². The minimum absolute atomic E-state index is 0.0271. The maximum Gasteiger partial charge on any atom is 0.309 e. The van der Waals surface area contributed by atoms with E-state index in [9.17, 15) is 18.0 Å². The molecule has 2 aromatic rings. The standard InChI is InChI=1S/C21H24N2O5S2/c1-15-13-17-5-2-3-6-18(17)23(15)19(24)14-28-21(25)16-8-10-22(11-9-16)30(26,27)20-7-4-12-29-20/h2-7,12,15-16H,8-11,13-14H2,1H3. The second-order valence-electron chi connectivity index (χ2n) is 7.66. The maximum atomic E-state index is 12.7. The van der Waals surface area contributed by atoms with Crippen LogP contribution in [0.25, 0.3) is 0 Å². The molecule has 0 radical (unpaired) electrons. The zero-order chi connectivity index (χ0) is 21.3. The molecule has 0 saturated carbocycles. The molecule has 7 nitrogen and oxygen atoms in total. The lowest BCUT2D eigenvalue weighted by atomic mass is 9.98. The molecule has 0 aliphatic carbocycles. The number of carbonyl (C=O) groups excluding carboxylic acids is 2. The Labute approximate surface area is 180 Å². The summed E-state index contributed by atoms with van der Waals surface area (Å²) in [6, 6.07) is 11.1. The van der Waals surface area contributed by atoms with E-state index in [2.05, 4.69) is 0 Å². The number of hydrogen-bond acceptors (Lipinski definition) is 6. The number of para-hydroxylation sites is 1. The Balaban J connectivity index is 1.30. The molecule has 1 fully saturated rings. The van der Waals surface area contributed by atoms with Gasteiger partial charge in [0.25, 0.3) is 15.9 Å². The van der Waals surface area contributed by atoms with E-state index in [0.717, 1.165) is 17.7 Å². The average Bonchev–Trinajstić information content (AvgIpc) is 3.39. The summed E-state index contributed by atoms with van der Waals surface area (Å²) in [6.07, 6.45) is 1.56. The van der Waals surface area contributed by atoms with Gasteiger partial charge in [-0.3, -0.25) is 9.59 Å². The predicted molar refractivity (Wildman–Crippen MR) is 114 cm³/mol. The van der Waals surface area contributed by atoms with Crippen molar-refractivity contribution >= 4 is 38.9 Å². The minimum Gasteiger partial charge on any atom is -0.455 e. The van der Waals surface area contributed by atoms with Crippen LogP contribution in [0.1, 0.15) is 25.3 Å². The Kier molecular flexibility index (Phi) is 5.95. The molecule has 9 heteroatoms. The van der Waals surface area contributed by atoms with Crippen LogP contribution in [0.3, 0.4) is 0 Å². The summed E-state index contributed by atoms with van der Waals surface area (Å²) in [7, 11) is -3.50. The normalized spacial score (nSPS) is 20.2. The van der Waals surface area contributed by atoms with Crippen LogP contribution in [0.2, 0.25) is 0 Å². The lowest BCUT2D eigenvalue weighted by molar-refractivity contribution is -0.153. The number of ether oxygens (including phenoxy) is 1. The van der Waals surface area contributed by atoms with Crippen LogP contribution in [0.4, 0.5) is 5.69 Å². The summed E-state index contributed by atoms with van der Waals surface area (Å²) >= 11 is 1.19. The monoisotopic (exact) mass is 448 g/mol. The Bertz CT molecular complexity index is 1030. The Hall–Kier alpha value is -2.23. The zero-order valence-electron chi connectivity index (χ0n) is 16.7. The van der Waals surface area contributed by atoms with Crippen LogP contribution in [0.15, 0.2) is 46.0 Å². The fourth-order valence-electron chi connectivity index (χ4n) is 4.14. The maximum absolute atomic E-state index is 12.7. The molecule has 0 bridgehead atoms. The molecular formula is C21H24N2O5S2. The highest BCUT2D eigenvalue weighted by molar-refractivity contribution is 7.91.